The van der Waals surface area contributed by atoms with E-state index in [1.165, 1.54) is 0 Å². The summed E-state index contributed by atoms with van der Waals surface area (Å²) in [6, 6.07) is 12.8. The van der Waals surface area contributed by atoms with E-state index >= 15 is 0 Å². The molecule has 3 rings (SSSR count). The van der Waals surface area contributed by atoms with E-state index < -0.39 is 5.60 Å². The van der Waals surface area contributed by atoms with Crippen LogP contribution in [0, 0.1) is 0 Å². The number of pyridine rings is 1. The summed E-state index contributed by atoms with van der Waals surface area (Å²) in [6.07, 6.45) is 1.97. The van der Waals surface area contributed by atoms with Crippen molar-refractivity contribution in [1.82, 2.24) is 4.98 Å². The summed E-state index contributed by atoms with van der Waals surface area (Å²) in [5, 5.41) is 6.83. The third kappa shape index (κ3) is 3.01. The molecule has 0 spiro atoms. The number of aromatic nitrogens is 1. The standard InChI is InChI=1S/C17H17N3O3/c1-17(16(21)19-15-9-5-6-10-18-15)11-13(20-23-17)12-7-3-4-8-14(12)22-2/h3-10H,11H2,1-2H3,(H,18,19,21)/t17-/m1/s1. The lowest BCUT2D eigenvalue weighted by Gasteiger charge is -2.20. The molecule has 1 aromatic heterocycles. The fourth-order valence-corrected chi connectivity index (χ4v) is 2.37. The SMILES string of the molecule is COc1ccccc1C1=NO[C@@](C)(C(=O)Nc2ccccn2)C1. The van der Waals surface area contributed by atoms with Gasteiger partial charge in [-0.1, -0.05) is 23.4 Å². The zero-order chi connectivity index (χ0) is 16.3. The zero-order valence-electron chi connectivity index (χ0n) is 12.9. The van der Waals surface area contributed by atoms with Gasteiger partial charge in [-0.25, -0.2) is 4.98 Å². The molecule has 6 heteroatoms. The van der Waals surface area contributed by atoms with E-state index in [4.69, 9.17) is 9.57 Å². The average Bonchev–Trinajstić information content (AvgIpc) is 2.99. The number of carbonyl (C=O) groups is 1. The number of nitrogens with zero attached hydrogens (tertiary/aromatic N) is 2. The molecule has 1 aliphatic heterocycles. The molecule has 2 aromatic rings. The van der Waals surface area contributed by atoms with Crippen LogP contribution in [0.4, 0.5) is 5.82 Å². The van der Waals surface area contributed by atoms with E-state index in [1.807, 2.05) is 24.3 Å². The predicted molar refractivity (Wildman–Crippen MR) is 86.5 cm³/mol. The van der Waals surface area contributed by atoms with E-state index in [0.717, 1.165) is 5.56 Å². The van der Waals surface area contributed by atoms with Crippen molar-refractivity contribution in [2.75, 3.05) is 12.4 Å². The average molecular weight is 311 g/mol. The molecule has 118 valence electrons. The van der Waals surface area contributed by atoms with E-state index in [1.54, 1.807) is 38.4 Å². The summed E-state index contributed by atoms with van der Waals surface area (Å²) >= 11 is 0. The van der Waals surface area contributed by atoms with E-state index in [2.05, 4.69) is 15.5 Å². The Kier molecular flexibility index (Phi) is 3.97. The molecule has 0 aliphatic carbocycles. The Balaban J connectivity index is 1.75. The number of amides is 1. The first-order valence-corrected chi connectivity index (χ1v) is 7.23. The molecular weight excluding hydrogens is 294 g/mol. The van der Waals surface area contributed by atoms with Gasteiger partial charge in [0.2, 0.25) is 5.60 Å². The zero-order valence-corrected chi connectivity index (χ0v) is 12.9. The smallest absolute Gasteiger partial charge is 0.272 e. The molecule has 1 aromatic carbocycles. The summed E-state index contributed by atoms with van der Waals surface area (Å²) in [5.74, 6) is 0.891. The molecule has 1 N–H and O–H groups in total. The van der Waals surface area contributed by atoms with Crippen molar-refractivity contribution in [1.29, 1.82) is 0 Å². The quantitative estimate of drug-likeness (QED) is 0.942. The lowest BCUT2D eigenvalue weighted by atomic mass is 9.94. The van der Waals surface area contributed by atoms with Crippen molar-refractivity contribution in [2.24, 2.45) is 5.16 Å². The van der Waals surface area contributed by atoms with Gasteiger partial charge in [-0.15, -0.1) is 0 Å². The minimum Gasteiger partial charge on any atom is -0.496 e. The Morgan fingerprint density at radius 2 is 2.04 bits per heavy atom. The molecule has 0 saturated carbocycles. The fraction of sp³-hybridized carbons (Fsp3) is 0.235. The minimum atomic E-state index is -1.08. The van der Waals surface area contributed by atoms with Crippen molar-refractivity contribution in [3.05, 3.63) is 54.2 Å². The highest BCUT2D eigenvalue weighted by Gasteiger charge is 2.42. The third-order valence-corrected chi connectivity index (χ3v) is 3.67. The summed E-state index contributed by atoms with van der Waals surface area (Å²) in [4.78, 5) is 22.0. The van der Waals surface area contributed by atoms with Crippen LogP contribution in [0.1, 0.15) is 18.9 Å². The number of methoxy groups -OCH3 is 1. The molecule has 1 aliphatic rings. The molecule has 1 atom stereocenters. The molecule has 0 bridgehead atoms. The predicted octanol–water partition coefficient (Wildman–Crippen LogP) is 2.61. The molecule has 0 radical (unpaired) electrons. The van der Waals surface area contributed by atoms with Gasteiger partial charge in [0.25, 0.3) is 5.91 Å². The van der Waals surface area contributed by atoms with Crippen molar-refractivity contribution >= 4 is 17.4 Å². The van der Waals surface area contributed by atoms with E-state index in [9.17, 15) is 4.79 Å². The lowest BCUT2D eigenvalue weighted by molar-refractivity contribution is -0.135. The third-order valence-electron chi connectivity index (χ3n) is 3.67. The normalized spacial score (nSPS) is 19.7. The van der Waals surface area contributed by atoms with E-state index in [-0.39, 0.29) is 5.91 Å². The number of hydrogen-bond acceptors (Lipinski definition) is 5. The first-order chi connectivity index (χ1) is 11.1. The second-order valence-electron chi connectivity index (χ2n) is 5.41. The van der Waals surface area contributed by atoms with Gasteiger partial charge in [0.15, 0.2) is 0 Å². The lowest BCUT2D eigenvalue weighted by Crippen LogP contribution is -2.40. The number of rotatable bonds is 4. The van der Waals surface area contributed by atoms with Crippen LogP contribution in [0.25, 0.3) is 0 Å². The maximum atomic E-state index is 12.5. The van der Waals surface area contributed by atoms with Crippen molar-refractivity contribution in [3.63, 3.8) is 0 Å². The first-order valence-electron chi connectivity index (χ1n) is 7.23. The topological polar surface area (TPSA) is 72.8 Å². The van der Waals surface area contributed by atoms with Gasteiger partial charge >= 0.3 is 0 Å². The molecular formula is C17H17N3O3. The Morgan fingerprint density at radius 1 is 1.26 bits per heavy atom. The number of nitrogens with one attached hydrogen (secondary N) is 1. The monoisotopic (exact) mass is 311 g/mol. The van der Waals surface area contributed by atoms with Crippen LogP contribution in [0.3, 0.4) is 0 Å². The Labute approximate surface area is 134 Å². The number of anilines is 1. The molecule has 6 nitrogen and oxygen atoms in total. The van der Waals surface area contributed by atoms with Gasteiger partial charge in [-0.2, -0.15) is 0 Å². The highest BCUT2D eigenvalue weighted by Crippen LogP contribution is 2.31. The second kappa shape index (κ2) is 6.08. The summed E-state index contributed by atoms with van der Waals surface area (Å²) in [7, 11) is 1.60. The van der Waals surface area contributed by atoms with Crippen LogP contribution < -0.4 is 10.1 Å². The van der Waals surface area contributed by atoms with Crippen LogP contribution >= 0.6 is 0 Å². The number of oxime groups is 1. The van der Waals surface area contributed by atoms with Gasteiger partial charge in [0.1, 0.15) is 11.6 Å². The van der Waals surface area contributed by atoms with Gasteiger partial charge in [-0.05, 0) is 31.2 Å². The number of para-hydroxylation sites is 1. The fourth-order valence-electron chi connectivity index (χ4n) is 2.37. The van der Waals surface area contributed by atoms with Crippen LogP contribution in [-0.4, -0.2) is 29.3 Å². The molecule has 23 heavy (non-hydrogen) atoms. The summed E-state index contributed by atoms with van der Waals surface area (Å²) < 4.78 is 5.34. The van der Waals surface area contributed by atoms with E-state index in [0.29, 0.717) is 23.7 Å². The Bertz CT molecular complexity index is 746. The first kappa shape index (κ1) is 15.0. The molecule has 0 fully saturated rings. The Morgan fingerprint density at radius 3 is 2.78 bits per heavy atom. The highest BCUT2D eigenvalue weighted by molar-refractivity contribution is 6.09. The molecule has 0 unspecified atom stereocenters. The highest BCUT2D eigenvalue weighted by atomic mass is 16.7. The summed E-state index contributed by atoms with van der Waals surface area (Å²) in [5.41, 5.74) is 0.429. The van der Waals surface area contributed by atoms with Crippen LogP contribution in [0.5, 0.6) is 5.75 Å². The van der Waals surface area contributed by atoms with Crippen molar-refractivity contribution in [2.45, 2.75) is 18.9 Å². The van der Waals surface area contributed by atoms with Gasteiger partial charge in [0, 0.05) is 18.2 Å². The molecule has 1 amide bonds. The second-order valence-corrected chi connectivity index (χ2v) is 5.41. The Hall–Kier alpha value is -2.89. The summed E-state index contributed by atoms with van der Waals surface area (Å²) in [6.45, 7) is 1.71. The molecule has 2 heterocycles. The van der Waals surface area contributed by atoms with Gasteiger partial charge in [0.05, 0.1) is 12.8 Å². The van der Waals surface area contributed by atoms with Crippen LogP contribution in [-0.2, 0) is 9.63 Å². The van der Waals surface area contributed by atoms with Crippen molar-refractivity contribution < 1.29 is 14.4 Å². The van der Waals surface area contributed by atoms with Gasteiger partial charge < -0.3 is 14.9 Å². The number of ether oxygens (including phenoxy) is 1. The number of hydrogen-bond donors (Lipinski definition) is 1. The van der Waals surface area contributed by atoms with Crippen LogP contribution in [0.2, 0.25) is 0 Å². The largest absolute Gasteiger partial charge is 0.496 e. The van der Waals surface area contributed by atoms with Crippen molar-refractivity contribution in [3.8, 4) is 5.75 Å². The molecule has 0 saturated heterocycles. The van der Waals surface area contributed by atoms with Crippen LogP contribution in [0.15, 0.2) is 53.8 Å². The van der Waals surface area contributed by atoms with Gasteiger partial charge in [-0.3, -0.25) is 4.79 Å². The number of benzene rings is 1. The minimum absolute atomic E-state index is 0.287. The maximum absolute atomic E-state index is 12.5. The number of carbonyl (C=O) groups excluding carboxylic acids is 1. The maximum Gasteiger partial charge on any atom is 0.272 e.